The molecular weight excluding hydrogens is 707 g/mol. The molecule has 270 valence electrons. The highest BCUT2D eigenvalue weighted by atomic mass is 32.1. The summed E-state index contributed by atoms with van der Waals surface area (Å²) in [5.74, 6) is 0. The molecule has 9 aromatic carbocycles. The summed E-state index contributed by atoms with van der Waals surface area (Å²) in [6, 6.07) is 86.1. The summed E-state index contributed by atoms with van der Waals surface area (Å²) in [7, 11) is 0. The first-order valence-electron chi connectivity index (χ1n) is 19.5. The van der Waals surface area contributed by atoms with E-state index in [2.05, 4.69) is 241 Å². The fraction of sp³-hybridized carbons (Fsp3) is 0.0182. The molecule has 0 unspecified atom stereocenters. The van der Waals surface area contributed by atoms with Crippen LogP contribution < -0.4 is 4.90 Å². The second-order valence-corrected chi connectivity index (χ2v) is 15.6. The zero-order valence-corrected chi connectivity index (χ0v) is 32.2. The van der Waals surface area contributed by atoms with Gasteiger partial charge in [0.2, 0.25) is 0 Å². The summed E-state index contributed by atoms with van der Waals surface area (Å²) < 4.78 is 2.65. The summed E-state index contributed by atoms with van der Waals surface area (Å²) in [4.78, 5) is 2.38. The van der Waals surface area contributed by atoms with Crippen LogP contribution >= 0.6 is 11.3 Å². The molecule has 0 N–H and O–H groups in total. The van der Waals surface area contributed by atoms with Crippen molar-refractivity contribution in [1.82, 2.24) is 0 Å². The summed E-state index contributed by atoms with van der Waals surface area (Å²) in [5, 5.41) is 2.63. The minimum absolute atomic E-state index is 0.517. The van der Waals surface area contributed by atoms with Crippen LogP contribution in [0.5, 0.6) is 0 Å². The summed E-state index contributed by atoms with van der Waals surface area (Å²) in [6.45, 7) is 0. The monoisotopic (exact) mass is 745 g/mol. The van der Waals surface area contributed by atoms with Gasteiger partial charge >= 0.3 is 0 Å². The van der Waals surface area contributed by atoms with Crippen molar-refractivity contribution in [3.63, 3.8) is 0 Å². The minimum Gasteiger partial charge on any atom is -0.310 e. The highest BCUT2D eigenvalue weighted by Gasteiger charge is 2.38. The molecule has 0 fully saturated rings. The van der Waals surface area contributed by atoms with Gasteiger partial charge in [0.1, 0.15) is 0 Å². The van der Waals surface area contributed by atoms with Gasteiger partial charge < -0.3 is 4.90 Å². The Balaban J connectivity index is 1.11. The Hall–Kier alpha value is -7.00. The highest BCUT2D eigenvalue weighted by molar-refractivity contribution is 7.25. The molecule has 10 rings (SSSR count). The van der Waals surface area contributed by atoms with Crippen LogP contribution in [0, 0.1) is 0 Å². The number of hydrogen-bond acceptors (Lipinski definition) is 2. The highest BCUT2D eigenvalue weighted by Crippen LogP contribution is 2.46. The van der Waals surface area contributed by atoms with E-state index in [1.54, 1.807) is 0 Å². The first-order chi connectivity index (χ1) is 28.3. The van der Waals surface area contributed by atoms with Crippen molar-refractivity contribution in [2.24, 2.45) is 0 Å². The second kappa shape index (κ2) is 14.9. The molecule has 1 aromatic heterocycles. The van der Waals surface area contributed by atoms with E-state index in [1.807, 2.05) is 11.3 Å². The van der Waals surface area contributed by atoms with Gasteiger partial charge in [0.05, 0.1) is 5.41 Å². The lowest BCUT2D eigenvalue weighted by atomic mass is 9.65. The van der Waals surface area contributed by atoms with Gasteiger partial charge in [-0.05, 0) is 99.1 Å². The molecule has 1 nitrogen and oxygen atoms in total. The second-order valence-electron chi connectivity index (χ2n) is 14.5. The summed E-state index contributed by atoms with van der Waals surface area (Å²) in [5.41, 5.74) is 12.5. The van der Waals surface area contributed by atoms with Crippen LogP contribution in [-0.4, -0.2) is 0 Å². The van der Waals surface area contributed by atoms with Crippen molar-refractivity contribution in [3.05, 3.63) is 259 Å². The topological polar surface area (TPSA) is 3.24 Å². The fourth-order valence-electron chi connectivity index (χ4n) is 8.54. The fourth-order valence-corrected chi connectivity index (χ4v) is 9.62. The third kappa shape index (κ3) is 6.31. The van der Waals surface area contributed by atoms with Gasteiger partial charge in [-0.3, -0.25) is 0 Å². The third-order valence-electron chi connectivity index (χ3n) is 11.2. The molecule has 0 atom stereocenters. The first-order valence-corrected chi connectivity index (χ1v) is 20.3. The molecule has 0 bridgehead atoms. The van der Waals surface area contributed by atoms with Crippen LogP contribution in [0.2, 0.25) is 0 Å². The van der Waals surface area contributed by atoms with Gasteiger partial charge in [0.25, 0.3) is 0 Å². The van der Waals surface area contributed by atoms with Gasteiger partial charge in [-0.2, -0.15) is 0 Å². The van der Waals surface area contributed by atoms with Crippen molar-refractivity contribution < 1.29 is 0 Å². The van der Waals surface area contributed by atoms with Crippen molar-refractivity contribution in [1.29, 1.82) is 0 Å². The number of rotatable bonds is 9. The Morgan fingerprint density at radius 1 is 0.281 bits per heavy atom. The molecule has 0 aliphatic rings. The molecule has 0 amide bonds. The molecule has 0 saturated carbocycles. The average molecular weight is 746 g/mol. The predicted molar refractivity (Wildman–Crippen MR) is 243 cm³/mol. The van der Waals surface area contributed by atoms with Crippen LogP contribution in [0.1, 0.15) is 22.3 Å². The Bertz CT molecular complexity index is 2820. The zero-order valence-electron chi connectivity index (χ0n) is 31.4. The molecule has 1 heterocycles. The lowest BCUT2D eigenvalue weighted by Crippen LogP contribution is -2.31. The Morgan fingerprint density at radius 2 is 0.719 bits per heavy atom. The number of fused-ring (bicyclic) bond motifs is 3. The minimum atomic E-state index is -0.517. The van der Waals surface area contributed by atoms with Gasteiger partial charge in [0, 0.05) is 37.2 Å². The van der Waals surface area contributed by atoms with Crippen LogP contribution in [0.15, 0.2) is 237 Å². The van der Waals surface area contributed by atoms with Crippen LogP contribution in [-0.2, 0) is 5.41 Å². The van der Waals surface area contributed by atoms with E-state index in [0.29, 0.717) is 0 Å². The lowest BCUT2D eigenvalue weighted by molar-refractivity contribution is 0.745. The molecule has 57 heavy (non-hydrogen) atoms. The molecule has 0 radical (unpaired) electrons. The molecule has 0 aliphatic carbocycles. The predicted octanol–water partition coefficient (Wildman–Crippen LogP) is 15.2. The van der Waals surface area contributed by atoms with Crippen LogP contribution in [0.3, 0.4) is 0 Å². The summed E-state index contributed by atoms with van der Waals surface area (Å²) >= 11 is 1.86. The van der Waals surface area contributed by atoms with E-state index in [9.17, 15) is 0 Å². The van der Waals surface area contributed by atoms with Gasteiger partial charge in [0.15, 0.2) is 0 Å². The largest absolute Gasteiger partial charge is 0.310 e. The van der Waals surface area contributed by atoms with Crippen molar-refractivity contribution in [2.75, 3.05) is 4.90 Å². The van der Waals surface area contributed by atoms with Crippen molar-refractivity contribution >= 4 is 48.6 Å². The molecule has 10 aromatic rings. The van der Waals surface area contributed by atoms with E-state index in [0.717, 1.165) is 17.1 Å². The molecule has 0 spiro atoms. The smallest absolute Gasteiger partial charge is 0.0701 e. The average Bonchev–Trinajstić information content (AvgIpc) is 3.67. The quantitative estimate of drug-likeness (QED) is 0.133. The molecule has 0 aliphatic heterocycles. The number of hydrogen-bond donors (Lipinski definition) is 0. The first kappa shape index (κ1) is 34.5. The maximum Gasteiger partial charge on any atom is 0.0701 e. The van der Waals surface area contributed by atoms with Gasteiger partial charge in [-0.25, -0.2) is 0 Å². The standard InChI is InChI=1S/C55H39NS/c1-5-16-40(17-6-1)42-18-15-25-50(38-42)56(48-33-28-41(29-34-48)43-30-37-54-52(39-43)51-26-13-14-27-53(51)57-54)49-35-31-47(32-36-49)55(44-19-7-2-8-20-44,45-21-9-3-10-22-45)46-23-11-4-12-24-46/h1-39H. The lowest BCUT2D eigenvalue weighted by Gasteiger charge is -2.37. The van der Waals surface area contributed by atoms with E-state index >= 15 is 0 Å². The number of nitrogens with zero attached hydrogens (tertiary/aromatic N) is 1. The number of anilines is 3. The maximum absolute atomic E-state index is 2.38. The Morgan fingerprint density at radius 3 is 1.33 bits per heavy atom. The van der Waals surface area contributed by atoms with Crippen LogP contribution in [0.25, 0.3) is 42.4 Å². The van der Waals surface area contributed by atoms with Crippen LogP contribution in [0.4, 0.5) is 17.1 Å². The molecule has 2 heteroatoms. The zero-order chi connectivity index (χ0) is 38.0. The van der Waals surface area contributed by atoms with E-state index in [-0.39, 0.29) is 0 Å². The van der Waals surface area contributed by atoms with Crippen molar-refractivity contribution in [3.8, 4) is 22.3 Å². The van der Waals surface area contributed by atoms with E-state index in [4.69, 9.17) is 0 Å². The Labute approximate surface area is 338 Å². The molecule has 0 saturated heterocycles. The third-order valence-corrected chi connectivity index (χ3v) is 12.4. The summed E-state index contributed by atoms with van der Waals surface area (Å²) in [6.07, 6.45) is 0. The van der Waals surface area contributed by atoms with E-state index in [1.165, 1.54) is 64.7 Å². The Kier molecular flexibility index (Phi) is 9.02. The molecular formula is C55H39NS. The van der Waals surface area contributed by atoms with Gasteiger partial charge in [-0.1, -0.05) is 182 Å². The van der Waals surface area contributed by atoms with E-state index < -0.39 is 5.41 Å². The maximum atomic E-state index is 2.38. The number of benzene rings is 9. The number of thiophene rings is 1. The normalized spacial score (nSPS) is 11.5. The van der Waals surface area contributed by atoms with Crippen molar-refractivity contribution in [2.45, 2.75) is 5.41 Å². The SMILES string of the molecule is c1ccc(-c2cccc(N(c3ccc(-c4ccc5sc6ccccc6c5c4)cc3)c3ccc(C(c4ccccc4)(c4ccccc4)c4ccccc4)cc3)c2)cc1. The van der Waals surface area contributed by atoms with Gasteiger partial charge in [-0.15, -0.1) is 11.3 Å².